The summed E-state index contributed by atoms with van der Waals surface area (Å²) in [7, 11) is 3.28. The van der Waals surface area contributed by atoms with Crippen molar-refractivity contribution in [1.29, 1.82) is 0 Å². The second-order valence-electron chi connectivity index (χ2n) is 7.15. The second kappa shape index (κ2) is 12.2. The van der Waals surface area contributed by atoms with Gasteiger partial charge < -0.3 is 20.5 Å². The molecule has 0 radical (unpaired) electrons. The smallest absolute Gasteiger partial charge is 0.188 e. The first-order chi connectivity index (χ1) is 11.4. The summed E-state index contributed by atoms with van der Waals surface area (Å²) in [5, 5.41) is 3.16. The summed E-state index contributed by atoms with van der Waals surface area (Å²) in [6, 6.07) is 5.93. The van der Waals surface area contributed by atoms with E-state index in [1.54, 1.807) is 14.2 Å². The molecule has 0 aromatic heterocycles. The SMILES string of the molecule is COc1ccc(CCNC(N)=NCCCCC(C)(C)C)cc1OC.I. The van der Waals surface area contributed by atoms with Gasteiger partial charge >= 0.3 is 0 Å². The van der Waals surface area contributed by atoms with Crippen LogP contribution in [0.3, 0.4) is 0 Å². The maximum Gasteiger partial charge on any atom is 0.188 e. The first kappa shape index (κ1) is 23.8. The van der Waals surface area contributed by atoms with Gasteiger partial charge in [0.2, 0.25) is 0 Å². The Hall–Kier alpha value is -1.18. The van der Waals surface area contributed by atoms with Gasteiger partial charge in [-0.05, 0) is 42.4 Å². The summed E-state index contributed by atoms with van der Waals surface area (Å²) in [6.45, 7) is 8.32. The third kappa shape index (κ3) is 10.4. The Bertz CT molecular complexity index is 528. The van der Waals surface area contributed by atoms with Crippen molar-refractivity contribution in [3.63, 3.8) is 0 Å². The lowest BCUT2D eigenvalue weighted by molar-refractivity contribution is 0.354. The molecule has 0 unspecified atom stereocenters. The highest BCUT2D eigenvalue weighted by Crippen LogP contribution is 2.27. The molecule has 0 atom stereocenters. The predicted octanol–water partition coefficient (Wildman–Crippen LogP) is 3.99. The molecule has 0 aliphatic carbocycles. The van der Waals surface area contributed by atoms with Crippen LogP contribution in [-0.4, -0.2) is 33.3 Å². The molecule has 25 heavy (non-hydrogen) atoms. The van der Waals surface area contributed by atoms with E-state index in [-0.39, 0.29) is 24.0 Å². The van der Waals surface area contributed by atoms with E-state index in [0.29, 0.717) is 11.4 Å². The fraction of sp³-hybridized carbons (Fsp3) is 0.632. The van der Waals surface area contributed by atoms with Crippen molar-refractivity contribution in [3.8, 4) is 11.5 Å². The van der Waals surface area contributed by atoms with Crippen molar-refractivity contribution in [2.45, 2.75) is 46.5 Å². The van der Waals surface area contributed by atoms with Gasteiger partial charge in [0, 0.05) is 13.1 Å². The number of methoxy groups -OCH3 is 2. The molecule has 1 aromatic rings. The summed E-state index contributed by atoms with van der Waals surface area (Å²) in [6.07, 6.45) is 4.33. The summed E-state index contributed by atoms with van der Waals surface area (Å²) < 4.78 is 10.5. The molecule has 1 aromatic carbocycles. The first-order valence-corrected chi connectivity index (χ1v) is 8.60. The average molecular weight is 463 g/mol. The number of aliphatic imine (C=N–C) groups is 1. The number of nitrogens with zero attached hydrogens (tertiary/aromatic N) is 1. The molecule has 0 fully saturated rings. The summed E-state index contributed by atoms with van der Waals surface area (Å²) in [5.74, 6) is 2.01. The predicted molar refractivity (Wildman–Crippen MR) is 116 cm³/mol. The highest BCUT2D eigenvalue weighted by molar-refractivity contribution is 14.0. The Morgan fingerprint density at radius 1 is 1.12 bits per heavy atom. The zero-order chi connectivity index (χ0) is 18.0. The Morgan fingerprint density at radius 3 is 2.40 bits per heavy atom. The normalized spacial score (nSPS) is 11.6. The molecule has 1 rings (SSSR count). The Morgan fingerprint density at radius 2 is 1.80 bits per heavy atom. The van der Waals surface area contributed by atoms with Crippen LogP contribution in [0.1, 0.15) is 45.6 Å². The molecule has 6 heteroatoms. The van der Waals surface area contributed by atoms with Crippen LogP contribution in [0.2, 0.25) is 0 Å². The minimum absolute atomic E-state index is 0. The third-order valence-electron chi connectivity index (χ3n) is 3.78. The molecule has 0 amide bonds. The Labute approximate surface area is 169 Å². The zero-order valence-electron chi connectivity index (χ0n) is 16.2. The molecule has 0 aliphatic heterocycles. The lowest BCUT2D eigenvalue weighted by atomic mass is 9.90. The standard InChI is InChI=1S/C19H33N3O2.HI/c1-19(2,3)11-6-7-12-21-18(20)22-13-10-15-8-9-16(23-4)17(14-15)24-5;/h8-9,14H,6-7,10-13H2,1-5H3,(H3,20,21,22);1H. The van der Waals surface area contributed by atoms with Crippen molar-refractivity contribution in [2.75, 3.05) is 27.3 Å². The maximum absolute atomic E-state index is 5.90. The van der Waals surface area contributed by atoms with Crippen LogP contribution in [0, 0.1) is 5.41 Å². The molecule has 0 aliphatic rings. The molecule has 3 N–H and O–H groups in total. The number of benzene rings is 1. The minimum Gasteiger partial charge on any atom is -0.493 e. The maximum atomic E-state index is 5.90. The van der Waals surface area contributed by atoms with Crippen LogP contribution in [0.4, 0.5) is 0 Å². The van der Waals surface area contributed by atoms with Crippen molar-refractivity contribution >= 4 is 29.9 Å². The van der Waals surface area contributed by atoms with E-state index in [1.165, 1.54) is 12.8 Å². The monoisotopic (exact) mass is 463 g/mol. The van der Waals surface area contributed by atoms with Crippen LogP contribution in [-0.2, 0) is 6.42 Å². The van der Waals surface area contributed by atoms with Crippen molar-refractivity contribution < 1.29 is 9.47 Å². The molecule has 5 nitrogen and oxygen atoms in total. The number of guanidine groups is 1. The summed E-state index contributed by atoms with van der Waals surface area (Å²) in [5.41, 5.74) is 7.46. The fourth-order valence-electron chi connectivity index (χ4n) is 2.39. The van der Waals surface area contributed by atoms with Gasteiger partial charge in [0.1, 0.15) is 0 Å². The van der Waals surface area contributed by atoms with Gasteiger partial charge in [-0.2, -0.15) is 0 Å². The number of hydrogen-bond acceptors (Lipinski definition) is 3. The van der Waals surface area contributed by atoms with Gasteiger partial charge in [0.15, 0.2) is 17.5 Å². The van der Waals surface area contributed by atoms with Gasteiger partial charge in [0.25, 0.3) is 0 Å². The van der Waals surface area contributed by atoms with E-state index in [0.717, 1.165) is 43.0 Å². The van der Waals surface area contributed by atoms with Gasteiger partial charge in [-0.3, -0.25) is 4.99 Å². The van der Waals surface area contributed by atoms with E-state index in [2.05, 4.69) is 31.1 Å². The lowest BCUT2D eigenvalue weighted by Crippen LogP contribution is -2.33. The highest BCUT2D eigenvalue weighted by atomic mass is 127. The van der Waals surface area contributed by atoms with Gasteiger partial charge in [0.05, 0.1) is 14.2 Å². The van der Waals surface area contributed by atoms with E-state index in [1.807, 2.05) is 18.2 Å². The summed E-state index contributed by atoms with van der Waals surface area (Å²) >= 11 is 0. The Balaban J connectivity index is 0.00000576. The van der Waals surface area contributed by atoms with E-state index in [4.69, 9.17) is 15.2 Å². The first-order valence-electron chi connectivity index (χ1n) is 8.60. The number of halogens is 1. The quantitative estimate of drug-likeness (QED) is 0.252. The Kier molecular flexibility index (Phi) is 11.6. The summed E-state index contributed by atoms with van der Waals surface area (Å²) in [4.78, 5) is 4.37. The van der Waals surface area contributed by atoms with Crippen molar-refractivity contribution in [2.24, 2.45) is 16.1 Å². The molecule has 0 spiro atoms. The van der Waals surface area contributed by atoms with Gasteiger partial charge in [-0.25, -0.2) is 0 Å². The number of ether oxygens (including phenoxy) is 2. The fourth-order valence-corrected chi connectivity index (χ4v) is 2.39. The van der Waals surface area contributed by atoms with Crippen LogP contribution < -0.4 is 20.5 Å². The van der Waals surface area contributed by atoms with Crippen LogP contribution in [0.5, 0.6) is 11.5 Å². The van der Waals surface area contributed by atoms with E-state index < -0.39 is 0 Å². The number of rotatable bonds is 9. The van der Waals surface area contributed by atoms with Crippen molar-refractivity contribution in [1.82, 2.24) is 5.32 Å². The van der Waals surface area contributed by atoms with Gasteiger partial charge in [-0.1, -0.05) is 33.3 Å². The van der Waals surface area contributed by atoms with Crippen LogP contribution in [0.25, 0.3) is 0 Å². The van der Waals surface area contributed by atoms with Crippen LogP contribution >= 0.6 is 24.0 Å². The third-order valence-corrected chi connectivity index (χ3v) is 3.78. The molecule has 0 bridgehead atoms. The van der Waals surface area contributed by atoms with E-state index in [9.17, 15) is 0 Å². The molecule has 0 saturated carbocycles. The average Bonchev–Trinajstić information content (AvgIpc) is 2.53. The number of hydrogen-bond donors (Lipinski definition) is 2. The zero-order valence-corrected chi connectivity index (χ0v) is 18.6. The number of nitrogens with two attached hydrogens (primary N) is 1. The number of nitrogens with one attached hydrogen (secondary N) is 1. The number of unbranched alkanes of at least 4 members (excludes halogenated alkanes) is 1. The van der Waals surface area contributed by atoms with Gasteiger partial charge in [-0.15, -0.1) is 24.0 Å². The largest absolute Gasteiger partial charge is 0.493 e. The lowest BCUT2D eigenvalue weighted by Gasteiger charge is -2.17. The van der Waals surface area contributed by atoms with E-state index >= 15 is 0 Å². The molecule has 0 heterocycles. The molecule has 0 saturated heterocycles. The molecular weight excluding hydrogens is 429 g/mol. The van der Waals surface area contributed by atoms with Crippen molar-refractivity contribution in [3.05, 3.63) is 23.8 Å². The second-order valence-corrected chi connectivity index (χ2v) is 7.15. The highest BCUT2D eigenvalue weighted by Gasteiger charge is 2.08. The topological polar surface area (TPSA) is 68.9 Å². The molecular formula is C19H34IN3O2. The molecule has 144 valence electrons. The van der Waals surface area contributed by atoms with Crippen LogP contribution in [0.15, 0.2) is 23.2 Å². The minimum atomic E-state index is 0.